The van der Waals surface area contributed by atoms with Gasteiger partial charge in [-0.1, -0.05) is 12.1 Å². The van der Waals surface area contributed by atoms with E-state index >= 15 is 0 Å². The highest BCUT2D eigenvalue weighted by molar-refractivity contribution is 6.31. The number of carbonyl (C=O) groups is 4. The van der Waals surface area contributed by atoms with Gasteiger partial charge in [-0.15, -0.1) is 0 Å². The maximum Gasteiger partial charge on any atom is 0.433 e. The fourth-order valence-corrected chi connectivity index (χ4v) is 8.17. The van der Waals surface area contributed by atoms with Crippen molar-refractivity contribution in [2.45, 2.75) is 82.0 Å². The van der Waals surface area contributed by atoms with Crippen LogP contribution in [0.5, 0.6) is 17.2 Å². The molecule has 2 fully saturated rings. The van der Waals surface area contributed by atoms with Gasteiger partial charge in [-0.25, -0.2) is 4.79 Å². The number of ether oxygens (including phenoxy) is 4. The van der Waals surface area contributed by atoms with Crippen LogP contribution in [-0.4, -0.2) is 122 Å². The number of aliphatic hydroxyl groups excluding tert-OH is 1. The topological polar surface area (TPSA) is 273 Å². The first-order chi connectivity index (χ1) is 27.1. The van der Waals surface area contributed by atoms with Gasteiger partial charge in [-0.2, -0.15) is 5.26 Å². The molecule has 7 atom stereocenters. The van der Waals surface area contributed by atoms with Crippen molar-refractivity contribution in [3.8, 4) is 23.3 Å². The summed E-state index contributed by atoms with van der Waals surface area (Å²) >= 11 is 0. The molecule has 2 saturated heterocycles. The Morgan fingerprint density at radius 1 is 1.11 bits per heavy atom. The van der Waals surface area contributed by atoms with E-state index in [-0.39, 0.29) is 66.4 Å². The summed E-state index contributed by atoms with van der Waals surface area (Å²) < 4.78 is 28.0. The Bertz CT molecular complexity index is 2230. The fraction of sp³-hybridized carbons (Fsp3) is 0.447. The molecule has 2 aliphatic carbocycles. The molecular weight excluding hydrogens is 752 g/mol. The van der Waals surface area contributed by atoms with Crippen LogP contribution in [-0.2, 0) is 32.0 Å². The Hall–Kier alpha value is -5.91. The predicted molar refractivity (Wildman–Crippen MR) is 189 cm³/mol. The second-order valence-corrected chi connectivity index (χ2v) is 14.4. The number of nitriles is 1. The van der Waals surface area contributed by atoms with Crippen LogP contribution in [0.15, 0.2) is 34.7 Å². The molecule has 2 aliphatic heterocycles. The average Bonchev–Trinajstić information content (AvgIpc) is 3.67. The van der Waals surface area contributed by atoms with E-state index in [0.717, 1.165) is 13.0 Å². The number of nitro groups is 1. The Morgan fingerprint density at radius 3 is 2.51 bits per heavy atom. The lowest BCUT2D eigenvalue weighted by molar-refractivity contribution is -0.402. The lowest BCUT2D eigenvalue weighted by atomic mass is 9.72. The number of rotatable bonds is 8. The molecule has 3 heterocycles. The molecule has 57 heavy (non-hydrogen) atoms. The van der Waals surface area contributed by atoms with E-state index in [1.54, 1.807) is 11.8 Å². The summed E-state index contributed by atoms with van der Waals surface area (Å²) in [4.78, 5) is 66.7. The molecule has 19 heteroatoms. The van der Waals surface area contributed by atoms with Crippen LogP contribution in [0.1, 0.15) is 81.5 Å². The second-order valence-electron chi connectivity index (χ2n) is 14.4. The Kier molecular flexibility index (Phi) is 10.3. The molecule has 3 unspecified atom stereocenters. The number of phenols is 2. The van der Waals surface area contributed by atoms with E-state index in [1.165, 1.54) is 36.3 Å². The maximum absolute atomic E-state index is 14.0. The summed E-state index contributed by atoms with van der Waals surface area (Å²) in [5.74, 6) is -4.08. The minimum Gasteiger partial charge on any atom is -0.507 e. The first-order valence-corrected chi connectivity index (χ1v) is 18.0. The van der Waals surface area contributed by atoms with Gasteiger partial charge in [0.25, 0.3) is 0 Å². The normalized spacial score (nSPS) is 27.1. The summed E-state index contributed by atoms with van der Waals surface area (Å²) in [7, 11) is 1.31. The molecule has 0 spiro atoms. The van der Waals surface area contributed by atoms with Gasteiger partial charge >= 0.3 is 12.0 Å². The monoisotopic (exact) mass is 790 g/mol. The summed E-state index contributed by atoms with van der Waals surface area (Å²) in [5, 5.41) is 67.5. The molecule has 2 aromatic carbocycles. The van der Waals surface area contributed by atoms with Crippen LogP contribution >= 0.6 is 0 Å². The van der Waals surface area contributed by atoms with Crippen LogP contribution in [0.4, 0.5) is 10.7 Å². The number of fused-ring (bicyclic) bond motifs is 3. The van der Waals surface area contributed by atoms with Crippen LogP contribution in [0, 0.1) is 21.4 Å². The van der Waals surface area contributed by atoms with Crippen LogP contribution in [0.2, 0.25) is 0 Å². The first-order valence-electron chi connectivity index (χ1n) is 18.0. The molecule has 300 valence electrons. The standard InChI is InChI=1S/C38H38N4O15/c1-17-32(44)23(41-10-9-40(15-19(41)14-39)37(49)54-16-20-7-8-26(56-20)42(51)52)11-27(55-17)57-25-13-38(50,18(2)43)12-22-29(25)36(48)31-30(34(22)46)33(45)21-5-4-6-24(53-3)28(21)35(31)47/h4-8,17,19,23,25,27,32,44,46,48,50H,9-13,15-16H2,1-3H3/t17-,19?,23?,25-,27+,32?,38-/m0/s1. The highest BCUT2D eigenvalue weighted by Crippen LogP contribution is 2.52. The number of Topliss-reactive ketones (excluding diaryl/α,β-unsaturated/α-hetero) is 1. The molecule has 3 aromatic rings. The van der Waals surface area contributed by atoms with Crippen molar-refractivity contribution in [2.24, 2.45) is 0 Å². The molecule has 0 radical (unpaired) electrons. The van der Waals surface area contributed by atoms with Gasteiger partial charge in [-0.05, 0) is 26.0 Å². The molecule has 0 bridgehead atoms. The van der Waals surface area contributed by atoms with E-state index in [9.17, 15) is 55.0 Å². The number of hydrogen-bond donors (Lipinski definition) is 4. The SMILES string of the molecule is COc1cccc2c1C(=O)c1c(O)c3c(c(O)c1C2=O)C[C@@](O)(C(C)=O)C[C@@H]3O[C@@H]1CC(N2CCN(C(=O)OCc3ccc([N+](=O)[O-])o3)CC2C#N)C(O)[C@H](C)O1. The van der Waals surface area contributed by atoms with E-state index in [1.807, 2.05) is 0 Å². The van der Waals surface area contributed by atoms with E-state index in [2.05, 4.69) is 6.07 Å². The fourth-order valence-electron chi connectivity index (χ4n) is 8.17. The Balaban J connectivity index is 1.14. The van der Waals surface area contributed by atoms with Crippen LogP contribution < -0.4 is 4.74 Å². The zero-order valence-corrected chi connectivity index (χ0v) is 30.9. The second kappa shape index (κ2) is 14.9. The lowest BCUT2D eigenvalue weighted by Gasteiger charge is -2.48. The van der Waals surface area contributed by atoms with Crippen molar-refractivity contribution >= 4 is 29.3 Å². The van der Waals surface area contributed by atoms with Crippen molar-refractivity contribution in [3.63, 3.8) is 0 Å². The Morgan fingerprint density at radius 2 is 1.84 bits per heavy atom. The minimum atomic E-state index is -2.14. The lowest BCUT2D eigenvalue weighted by Crippen LogP contribution is -2.63. The molecule has 1 amide bonds. The summed E-state index contributed by atoms with van der Waals surface area (Å²) in [6.45, 7) is 2.36. The van der Waals surface area contributed by atoms with Gasteiger partial charge in [-0.3, -0.25) is 29.4 Å². The molecule has 4 aliphatic rings. The van der Waals surface area contributed by atoms with E-state index < -0.39 is 112 Å². The number of nitrogens with zero attached hydrogens (tertiary/aromatic N) is 4. The quantitative estimate of drug-likeness (QED) is 0.113. The Labute approximate surface area is 323 Å². The van der Waals surface area contributed by atoms with Crippen molar-refractivity contribution in [2.75, 3.05) is 26.7 Å². The molecule has 7 rings (SSSR count). The zero-order valence-electron chi connectivity index (χ0n) is 30.9. The number of aliphatic hydroxyl groups is 2. The summed E-state index contributed by atoms with van der Waals surface area (Å²) in [6.07, 6.45) is -6.52. The molecule has 4 N–H and O–H groups in total. The van der Waals surface area contributed by atoms with E-state index in [4.69, 9.17) is 23.4 Å². The van der Waals surface area contributed by atoms with Crippen molar-refractivity contribution in [3.05, 3.63) is 79.6 Å². The van der Waals surface area contributed by atoms with Gasteiger partial charge in [0.15, 0.2) is 24.5 Å². The number of phenolic OH excluding ortho intramolecular Hbond substituents is 2. The number of hydrogen-bond acceptors (Lipinski definition) is 17. The first kappa shape index (κ1) is 39.3. The molecule has 0 saturated carbocycles. The largest absolute Gasteiger partial charge is 0.507 e. The summed E-state index contributed by atoms with van der Waals surface area (Å²) in [6, 6.07) is 7.17. The number of ketones is 3. The third-order valence-corrected chi connectivity index (χ3v) is 11.1. The zero-order chi connectivity index (χ0) is 41.1. The smallest absolute Gasteiger partial charge is 0.433 e. The van der Waals surface area contributed by atoms with Gasteiger partial charge in [0.2, 0.25) is 5.78 Å². The van der Waals surface area contributed by atoms with Crippen molar-refractivity contribution in [1.29, 1.82) is 5.26 Å². The van der Waals surface area contributed by atoms with Crippen molar-refractivity contribution in [1.82, 2.24) is 9.80 Å². The third kappa shape index (κ3) is 6.74. The highest BCUT2D eigenvalue weighted by atomic mass is 16.7. The van der Waals surface area contributed by atoms with Gasteiger partial charge in [0.05, 0.1) is 60.8 Å². The predicted octanol–water partition coefficient (Wildman–Crippen LogP) is 2.42. The highest BCUT2D eigenvalue weighted by Gasteiger charge is 2.50. The average molecular weight is 791 g/mol. The van der Waals surface area contributed by atoms with Gasteiger partial charge in [0.1, 0.15) is 39.6 Å². The number of benzene rings is 2. The number of piperazine rings is 1. The molecular formula is C38H38N4O15. The molecule has 19 nitrogen and oxygen atoms in total. The minimum absolute atomic E-state index is 0.0484. The maximum atomic E-state index is 14.0. The summed E-state index contributed by atoms with van der Waals surface area (Å²) in [5.41, 5.74) is -3.64. The third-order valence-electron chi connectivity index (χ3n) is 11.1. The number of carbonyl (C=O) groups excluding carboxylic acids is 4. The number of furan rings is 1. The molecule has 1 aromatic heterocycles. The number of amides is 1. The van der Waals surface area contributed by atoms with Crippen molar-refractivity contribution < 1.29 is 67.9 Å². The van der Waals surface area contributed by atoms with Crippen LogP contribution in [0.3, 0.4) is 0 Å². The number of aromatic hydroxyl groups is 2. The van der Waals surface area contributed by atoms with E-state index in [0.29, 0.717) is 0 Å². The van der Waals surface area contributed by atoms with Gasteiger partial charge < -0.3 is 48.7 Å². The number of methoxy groups -OCH3 is 1. The van der Waals surface area contributed by atoms with Crippen LogP contribution in [0.25, 0.3) is 0 Å². The van der Waals surface area contributed by atoms with Gasteiger partial charge in [0, 0.05) is 55.1 Å².